The highest BCUT2D eigenvalue weighted by Crippen LogP contribution is 2.32. The molecule has 114 valence electrons. The van der Waals surface area contributed by atoms with Gasteiger partial charge in [-0.05, 0) is 41.8 Å². The average Bonchev–Trinajstić information content (AvgIpc) is 2.97. The highest BCUT2D eigenvalue weighted by atomic mass is 14.8. The van der Waals surface area contributed by atoms with Gasteiger partial charge in [0.2, 0.25) is 0 Å². The van der Waals surface area contributed by atoms with Crippen LogP contribution in [-0.2, 0) is 6.54 Å². The monoisotopic (exact) mass is 291 g/mol. The second-order valence-electron chi connectivity index (χ2n) is 6.18. The molecule has 0 saturated carbocycles. The predicted molar refractivity (Wildman–Crippen MR) is 96.2 cm³/mol. The van der Waals surface area contributed by atoms with E-state index in [1.165, 1.54) is 40.3 Å². The fraction of sp³-hybridized carbons (Fsp3) is 0.333. The minimum Gasteiger partial charge on any atom is -0.313 e. The number of nitrogens with one attached hydrogen (secondary N) is 1. The van der Waals surface area contributed by atoms with Crippen LogP contribution in [0.4, 0.5) is 0 Å². The number of rotatable bonds is 6. The summed E-state index contributed by atoms with van der Waals surface area (Å²) < 4.78 is 0. The molecular formula is C21H25N. The third-order valence-corrected chi connectivity index (χ3v) is 4.45. The molecule has 0 heterocycles. The van der Waals surface area contributed by atoms with E-state index in [-0.39, 0.29) is 0 Å². The van der Waals surface area contributed by atoms with Crippen LogP contribution < -0.4 is 5.32 Å². The van der Waals surface area contributed by atoms with Gasteiger partial charge in [0.1, 0.15) is 0 Å². The van der Waals surface area contributed by atoms with E-state index < -0.39 is 0 Å². The minimum absolute atomic E-state index is 0.424. The van der Waals surface area contributed by atoms with Crippen molar-refractivity contribution >= 4 is 10.8 Å². The number of benzene rings is 2. The third kappa shape index (κ3) is 3.15. The Morgan fingerprint density at radius 2 is 1.95 bits per heavy atom. The van der Waals surface area contributed by atoms with Crippen LogP contribution in [0.5, 0.6) is 0 Å². The van der Waals surface area contributed by atoms with Crippen molar-refractivity contribution in [1.29, 1.82) is 0 Å². The van der Waals surface area contributed by atoms with Gasteiger partial charge in [-0.15, -0.1) is 0 Å². The lowest BCUT2D eigenvalue weighted by atomic mass is 9.91. The molecular weight excluding hydrogens is 266 g/mol. The number of hydrogen-bond acceptors (Lipinski definition) is 1. The lowest BCUT2D eigenvalue weighted by Gasteiger charge is -2.17. The van der Waals surface area contributed by atoms with Gasteiger partial charge in [-0.25, -0.2) is 0 Å². The predicted octanol–water partition coefficient (Wildman–Crippen LogP) is 5.33. The fourth-order valence-corrected chi connectivity index (χ4v) is 3.22. The van der Waals surface area contributed by atoms with Crippen LogP contribution in [0, 0.1) is 0 Å². The Labute approximate surface area is 133 Å². The summed E-state index contributed by atoms with van der Waals surface area (Å²) in [6.07, 6.45) is 9.38. The van der Waals surface area contributed by atoms with E-state index in [4.69, 9.17) is 0 Å². The quantitative estimate of drug-likeness (QED) is 0.709. The largest absolute Gasteiger partial charge is 0.313 e. The van der Waals surface area contributed by atoms with Crippen LogP contribution in [0.3, 0.4) is 0 Å². The molecule has 2 aromatic rings. The van der Waals surface area contributed by atoms with Crippen LogP contribution in [0.25, 0.3) is 10.8 Å². The second kappa shape index (κ2) is 6.93. The molecule has 2 aromatic carbocycles. The normalized spacial score (nSPS) is 17.2. The van der Waals surface area contributed by atoms with Gasteiger partial charge >= 0.3 is 0 Å². The van der Waals surface area contributed by atoms with E-state index in [9.17, 15) is 0 Å². The van der Waals surface area contributed by atoms with E-state index in [1.54, 1.807) is 0 Å². The topological polar surface area (TPSA) is 12.0 Å². The first-order chi connectivity index (χ1) is 10.8. The molecule has 0 aromatic heterocycles. The van der Waals surface area contributed by atoms with Crippen LogP contribution in [0.15, 0.2) is 60.2 Å². The maximum absolute atomic E-state index is 3.63. The summed E-state index contributed by atoms with van der Waals surface area (Å²) in [6.45, 7) is 6.46. The molecule has 1 unspecified atom stereocenters. The van der Waals surface area contributed by atoms with Gasteiger partial charge in [0.05, 0.1) is 0 Å². The first-order valence-electron chi connectivity index (χ1n) is 8.37. The molecule has 0 spiro atoms. The van der Waals surface area contributed by atoms with Crippen LogP contribution in [-0.4, -0.2) is 6.54 Å². The van der Waals surface area contributed by atoms with Gasteiger partial charge in [-0.3, -0.25) is 0 Å². The maximum Gasteiger partial charge on any atom is 0.0214 e. The smallest absolute Gasteiger partial charge is 0.0214 e. The van der Waals surface area contributed by atoms with Crippen LogP contribution in [0.2, 0.25) is 0 Å². The number of unbranched alkanes of at least 4 members (excludes halogenated alkanes) is 1. The number of fused-ring (bicyclic) bond motifs is 1. The Morgan fingerprint density at radius 1 is 1.09 bits per heavy atom. The second-order valence-corrected chi connectivity index (χ2v) is 6.18. The summed E-state index contributed by atoms with van der Waals surface area (Å²) in [5, 5.41) is 6.34. The summed E-state index contributed by atoms with van der Waals surface area (Å²) in [6, 6.07) is 13.3. The number of hydrogen-bond donors (Lipinski definition) is 1. The molecule has 0 amide bonds. The first kappa shape index (κ1) is 15.1. The molecule has 1 aliphatic carbocycles. The van der Waals surface area contributed by atoms with E-state index in [0.29, 0.717) is 5.92 Å². The molecule has 1 N–H and O–H groups in total. The van der Waals surface area contributed by atoms with E-state index in [1.807, 2.05) is 0 Å². The summed E-state index contributed by atoms with van der Waals surface area (Å²) in [7, 11) is 0. The summed E-state index contributed by atoms with van der Waals surface area (Å²) in [5.41, 5.74) is 4.26. The zero-order chi connectivity index (χ0) is 15.4. The standard InChI is InChI=1S/C21H25N/c1-3-4-13-22-15-21-19-8-6-5-7-17(19)11-12-20(21)18-10-9-16(2)14-18/h5-12,14,18,22H,3-4,13,15H2,1-2H3. The fourth-order valence-electron chi connectivity index (χ4n) is 3.22. The summed E-state index contributed by atoms with van der Waals surface area (Å²) in [4.78, 5) is 0. The first-order valence-corrected chi connectivity index (χ1v) is 8.37. The van der Waals surface area contributed by atoms with Crippen molar-refractivity contribution in [2.45, 2.75) is 39.2 Å². The SMILES string of the molecule is CCCCNCc1c(C2C=CC(C)=C2)ccc2ccccc12. The Balaban J connectivity index is 1.97. The zero-order valence-electron chi connectivity index (χ0n) is 13.6. The summed E-state index contributed by atoms with van der Waals surface area (Å²) >= 11 is 0. The van der Waals surface area contributed by atoms with Crippen molar-refractivity contribution in [2.24, 2.45) is 0 Å². The van der Waals surface area contributed by atoms with Gasteiger partial charge in [0.25, 0.3) is 0 Å². The van der Waals surface area contributed by atoms with Crippen molar-refractivity contribution < 1.29 is 0 Å². The maximum atomic E-state index is 3.63. The molecule has 1 aliphatic rings. The Hall–Kier alpha value is -1.86. The molecule has 22 heavy (non-hydrogen) atoms. The molecule has 0 aliphatic heterocycles. The average molecular weight is 291 g/mol. The van der Waals surface area contributed by atoms with Gasteiger partial charge in [0.15, 0.2) is 0 Å². The highest BCUT2D eigenvalue weighted by Gasteiger charge is 2.15. The van der Waals surface area contributed by atoms with E-state index in [0.717, 1.165) is 13.1 Å². The zero-order valence-corrected chi connectivity index (χ0v) is 13.6. The van der Waals surface area contributed by atoms with Gasteiger partial charge in [0, 0.05) is 12.5 Å². The summed E-state index contributed by atoms with van der Waals surface area (Å²) in [5.74, 6) is 0.424. The highest BCUT2D eigenvalue weighted by molar-refractivity contribution is 5.87. The van der Waals surface area contributed by atoms with Crippen molar-refractivity contribution in [1.82, 2.24) is 5.32 Å². The van der Waals surface area contributed by atoms with Crippen LogP contribution >= 0.6 is 0 Å². The Kier molecular flexibility index (Phi) is 4.74. The Morgan fingerprint density at radius 3 is 2.73 bits per heavy atom. The minimum atomic E-state index is 0.424. The molecule has 0 bridgehead atoms. The van der Waals surface area contributed by atoms with Crippen molar-refractivity contribution in [3.8, 4) is 0 Å². The molecule has 1 heteroatoms. The Bertz CT molecular complexity index is 709. The molecule has 1 atom stereocenters. The van der Waals surface area contributed by atoms with Crippen LogP contribution in [0.1, 0.15) is 43.7 Å². The van der Waals surface area contributed by atoms with Crippen molar-refractivity contribution in [3.05, 3.63) is 71.3 Å². The molecule has 0 saturated heterocycles. The molecule has 0 radical (unpaired) electrons. The van der Waals surface area contributed by atoms with E-state index in [2.05, 4.69) is 73.8 Å². The molecule has 3 rings (SSSR count). The number of allylic oxidation sites excluding steroid dienone is 4. The van der Waals surface area contributed by atoms with E-state index >= 15 is 0 Å². The lowest BCUT2D eigenvalue weighted by Crippen LogP contribution is -2.16. The van der Waals surface area contributed by atoms with Crippen molar-refractivity contribution in [3.63, 3.8) is 0 Å². The lowest BCUT2D eigenvalue weighted by molar-refractivity contribution is 0.640. The van der Waals surface area contributed by atoms with Gasteiger partial charge < -0.3 is 5.32 Å². The third-order valence-electron chi connectivity index (χ3n) is 4.45. The molecule has 1 nitrogen and oxygen atoms in total. The van der Waals surface area contributed by atoms with Gasteiger partial charge in [-0.2, -0.15) is 0 Å². The van der Waals surface area contributed by atoms with Gasteiger partial charge in [-0.1, -0.05) is 73.5 Å². The molecule has 0 fully saturated rings. The van der Waals surface area contributed by atoms with Crippen molar-refractivity contribution in [2.75, 3.05) is 6.54 Å².